The van der Waals surface area contributed by atoms with Crippen LogP contribution in [-0.2, 0) is 10.2 Å². The van der Waals surface area contributed by atoms with Crippen LogP contribution in [-0.4, -0.2) is 30.9 Å². The quantitative estimate of drug-likeness (QED) is 0.556. The predicted molar refractivity (Wildman–Crippen MR) is 130 cm³/mol. The van der Waals surface area contributed by atoms with Crippen molar-refractivity contribution in [2.45, 2.75) is 37.6 Å². The van der Waals surface area contributed by atoms with Gasteiger partial charge in [-0.1, -0.05) is 48.0 Å². The minimum atomic E-state index is -0.264. The highest BCUT2D eigenvalue weighted by atomic mass is 35.5. The van der Waals surface area contributed by atoms with Crippen molar-refractivity contribution in [3.05, 3.63) is 82.4 Å². The Hall–Kier alpha value is -2.87. The second kappa shape index (κ2) is 9.32. The number of nitrogens with zero attached hydrogens (tertiary/aromatic N) is 2. The van der Waals surface area contributed by atoms with Gasteiger partial charge in [0.25, 0.3) is 0 Å². The summed E-state index contributed by atoms with van der Waals surface area (Å²) in [5.74, 6) is 0.103. The summed E-state index contributed by atoms with van der Waals surface area (Å²) in [6, 6.07) is 21.9. The Morgan fingerprint density at radius 3 is 2.66 bits per heavy atom. The first-order valence-electron chi connectivity index (χ1n) is 11.1. The summed E-state index contributed by atoms with van der Waals surface area (Å²) in [5.41, 5.74) is 2.51. The summed E-state index contributed by atoms with van der Waals surface area (Å²) in [6.07, 6.45) is 2.16. The van der Waals surface area contributed by atoms with Gasteiger partial charge in [-0.05, 0) is 79.0 Å². The standard InChI is InChI=1S/C27H28ClN3O/c1-19(25-16-23(28)15-21-7-3-4-9-24(21)25)31(2)26(32)17-27(10-12-30-13-11-27)22-8-5-6-20(14-22)18-29/h3-9,14-16,19,30H,10-13,17H2,1-2H3. The average Bonchev–Trinajstić information content (AvgIpc) is 2.83. The van der Waals surface area contributed by atoms with E-state index in [-0.39, 0.29) is 17.4 Å². The first-order valence-corrected chi connectivity index (χ1v) is 11.5. The number of nitrogens with one attached hydrogen (secondary N) is 1. The molecule has 3 aromatic rings. The third-order valence-electron chi connectivity index (χ3n) is 6.94. The lowest BCUT2D eigenvalue weighted by atomic mass is 9.70. The van der Waals surface area contributed by atoms with E-state index in [2.05, 4.69) is 30.4 Å². The molecule has 1 aliphatic rings. The van der Waals surface area contributed by atoms with E-state index >= 15 is 0 Å². The molecule has 1 unspecified atom stereocenters. The number of benzene rings is 3. The Labute approximate surface area is 194 Å². The maximum atomic E-state index is 13.6. The van der Waals surface area contributed by atoms with E-state index in [9.17, 15) is 10.1 Å². The van der Waals surface area contributed by atoms with Crippen LogP contribution in [0.4, 0.5) is 0 Å². The van der Waals surface area contributed by atoms with Crippen LogP contribution in [0.5, 0.6) is 0 Å². The molecule has 1 aliphatic heterocycles. The second-order valence-corrected chi connectivity index (χ2v) is 9.23. The lowest BCUT2D eigenvalue weighted by Crippen LogP contribution is -2.44. The Morgan fingerprint density at radius 1 is 1.16 bits per heavy atom. The molecule has 1 fully saturated rings. The predicted octanol–water partition coefficient (Wildman–Crippen LogP) is 5.60. The Bertz CT molecular complexity index is 1180. The van der Waals surface area contributed by atoms with Crippen LogP contribution in [0.1, 0.15) is 48.9 Å². The van der Waals surface area contributed by atoms with Crippen molar-refractivity contribution in [1.29, 1.82) is 5.26 Å². The van der Waals surface area contributed by atoms with E-state index < -0.39 is 0 Å². The van der Waals surface area contributed by atoms with Gasteiger partial charge in [-0.25, -0.2) is 0 Å². The number of nitriles is 1. The minimum absolute atomic E-state index is 0.103. The number of fused-ring (bicyclic) bond motifs is 1. The molecule has 0 saturated carbocycles. The molecule has 1 heterocycles. The molecule has 32 heavy (non-hydrogen) atoms. The van der Waals surface area contributed by atoms with Crippen LogP contribution >= 0.6 is 11.6 Å². The Balaban J connectivity index is 1.64. The first-order chi connectivity index (χ1) is 15.4. The van der Waals surface area contributed by atoms with Gasteiger partial charge in [-0.15, -0.1) is 0 Å². The number of piperidine rings is 1. The molecule has 4 nitrogen and oxygen atoms in total. The first kappa shape index (κ1) is 22.3. The average molecular weight is 446 g/mol. The smallest absolute Gasteiger partial charge is 0.223 e. The van der Waals surface area contributed by atoms with Crippen molar-refractivity contribution in [2.24, 2.45) is 0 Å². The van der Waals surface area contributed by atoms with Crippen molar-refractivity contribution in [3.8, 4) is 6.07 Å². The summed E-state index contributed by atoms with van der Waals surface area (Å²) >= 11 is 6.40. The molecule has 1 atom stereocenters. The number of carbonyl (C=O) groups excluding carboxylic acids is 1. The lowest BCUT2D eigenvalue weighted by molar-refractivity contribution is -0.133. The number of halogens is 1. The molecule has 3 aromatic carbocycles. The van der Waals surface area contributed by atoms with Gasteiger partial charge in [-0.3, -0.25) is 4.79 Å². The fourth-order valence-corrected chi connectivity index (χ4v) is 5.11. The van der Waals surface area contributed by atoms with Crippen LogP contribution in [0.2, 0.25) is 5.02 Å². The molecule has 0 spiro atoms. The highest BCUT2D eigenvalue weighted by Crippen LogP contribution is 2.39. The topological polar surface area (TPSA) is 56.1 Å². The molecular formula is C27H28ClN3O. The fourth-order valence-electron chi connectivity index (χ4n) is 4.88. The molecule has 0 aliphatic carbocycles. The third kappa shape index (κ3) is 4.37. The molecule has 0 aromatic heterocycles. The van der Waals surface area contributed by atoms with E-state index in [1.807, 2.05) is 60.5 Å². The molecule has 1 saturated heterocycles. The number of hydrogen-bond acceptors (Lipinski definition) is 3. The fraction of sp³-hybridized carbons (Fsp3) is 0.333. The number of amides is 1. The summed E-state index contributed by atoms with van der Waals surface area (Å²) in [6.45, 7) is 3.78. The van der Waals surface area contributed by atoms with Gasteiger partial charge in [0.05, 0.1) is 17.7 Å². The Morgan fingerprint density at radius 2 is 1.91 bits per heavy atom. The third-order valence-corrected chi connectivity index (χ3v) is 7.16. The number of hydrogen-bond donors (Lipinski definition) is 1. The van der Waals surface area contributed by atoms with Gasteiger partial charge in [0.2, 0.25) is 5.91 Å². The highest BCUT2D eigenvalue weighted by molar-refractivity contribution is 6.31. The maximum absolute atomic E-state index is 13.6. The van der Waals surface area contributed by atoms with Crippen molar-refractivity contribution in [1.82, 2.24) is 10.2 Å². The minimum Gasteiger partial charge on any atom is -0.339 e. The normalized spacial score (nSPS) is 16.3. The molecule has 0 radical (unpaired) electrons. The van der Waals surface area contributed by atoms with E-state index in [0.717, 1.165) is 47.8 Å². The van der Waals surface area contributed by atoms with Crippen LogP contribution in [0.3, 0.4) is 0 Å². The molecule has 0 bridgehead atoms. The summed E-state index contributed by atoms with van der Waals surface area (Å²) < 4.78 is 0. The monoisotopic (exact) mass is 445 g/mol. The van der Waals surface area contributed by atoms with E-state index in [4.69, 9.17) is 11.6 Å². The molecule has 164 valence electrons. The summed E-state index contributed by atoms with van der Waals surface area (Å²) in [5, 5.41) is 15.6. The Kier molecular flexibility index (Phi) is 6.50. The van der Waals surface area contributed by atoms with Gasteiger partial charge in [0, 0.05) is 23.9 Å². The summed E-state index contributed by atoms with van der Waals surface area (Å²) in [7, 11) is 1.88. The largest absolute Gasteiger partial charge is 0.339 e. The van der Waals surface area contributed by atoms with Crippen LogP contribution < -0.4 is 5.32 Å². The van der Waals surface area contributed by atoms with Gasteiger partial charge in [0.1, 0.15) is 0 Å². The molecule has 1 N–H and O–H groups in total. The summed E-state index contributed by atoms with van der Waals surface area (Å²) in [4.78, 5) is 15.4. The lowest BCUT2D eigenvalue weighted by Gasteiger charge is -2.39. The molecule has 1 amide bonds. The SMILES string of the molecule is CC(c1cc(Cl)cc2ccccc12)N(C)C(=O)CC1(c2cccc(C#N)c2)CCNCC1. The zero-order valence-corrected chi connectivity index (χ0v) is 19.3. The highest BCUT2D eigenvalue weighted by Gasteiger charge is 2.37. The van der Waals surface area contributed by atoms with Crippen LogP contribution in [0, 0.1) is 11.3 Å². The van der Waals surface area contributed by atoms with E-state index in [0.29, 0.717) is 17.0 Å². The van der Waals surface area contributed by atoms with Gasteiger partial charge < -0.3 is 10.2 Å². The maximum Gasteiger partial charge on any atom is 0.223 e. The van der Waals surface area contributed by atoms with E-state index in [1.54, 1.807) is 0 Å². The molecule has 5 heteroatoms. The zero-order chi connectivity index (χ0) is 22.7. The second-order valence-electron chi connectivity index (χ2n) is 8.80. The zero-order valence-electron chi connectivity index (χ0n) is 18.6. The molecular weight excluding hydrogens is 418 g/mol. The number of rotatable bonds is 5. The van der Waals surface area contributed by atoms with Gasteiger partial charge in [-0.2, -0.15) is 5.26 Å². The van der Waals surface area contributed by atoms with Crippen LogP contribution in [0.15, 0.2) is 60.7 Å². The van der Waals surface area contributed by atoms with Crippen LogP contribution in [0.25, 0.3) is 10.8 Å². The number of carbonyl (C=O) groups is 1. The van der Waals surface area contributed by atoms with Gasteiger partial charge >= 0.3 is 0 Å². The van der Waals surface area contributed by atoms with Crippen molar-refractivity contribution in [3.63, 3.8) is 0 Å². The van der Waals surface area contributed by atoms with Gasteiger partial charge in [0.15, 0.2) is 0 Å². The van der Waals surface area contributed by atoms with E-state index in [1.165, 1.54) is 0 Å². The molecule has 4 rings (SSSR count). The van der Waals surface area contributed by atoms with Crippen molar-refractivity contribution in [2.75, 3.05) is 20.1 Å². The van der Waals surface area contributed by atoms with Crippen molar-refractivity contribution >= 4 is 28.3 Å². The van der Waals surface area contributed by atoms with Crippen molar-refractivity contribution < 1.29 is 4.79 Å².